The van der Waals surface area contributed by atoms with Crippen molar-refractivity contribution in [1.29, 1.82) is 0 Å². The van der Waals surface area contributed by atoms with E-state index in [2.05, 4.69) is 25.4 Å². The van der Waals surface area contributed by atoms with Gasteiger partial charge in [0.2, 0.25) is 0 Å². The zero-order chi connectivity index (χ0) is 15.3. The number of nitrogens with zero attached hydrogens (tertiary/aromatic N) is 1. The van der Waals surface area contributed by atoms with E-state index >= 15 is 0 Å². The van der Waals surface area contributed by atoms with Crippen molar-refractivity contribution < 1.29 is 18.7 Å². The normalized spacial score (nSPS) is 13.2. The summed E-state index contributed by atoms with van der Waals surface area (Å²) in [5, 5.41) is 12.0. The fraction of sp³-hybridized carbons (Fsp3) is 0.273. The predicted octanol–water partition coefficient (Wildman–Crippen LogP) is 2.48. The maximum Gasteiger partial charge on any atom is 0.418 e. The van der Waals surface area contributed by atoms with Gasteiger partial charge in [-0.3, -0.25) is 10.1 Å². The second kappa shape index (κ2) is 6.71. The molecule has 0 radical (unpaired) electrons. The van der Waals surface area contributed by atoms with Gasteiger partial charge in [-0.05, 0) is 41.2 Å². The van der Waals surface area contributed by atoms with Gasteiger partial charge in [0.1, 0.15) is 0 Å². The van der Waals surface area contributed by atoms with Gasteiger partial charge in [0.05, 0.1) is 26.1 Å². The lowest BCUT2D eigenvalue weighted by molar-refractivity contribution is -0.385. The molecule has 0 aromatic heterocycles. The van der Waals surface area contributed by atoms with Crippen molar-refractivity contribution in [3.8, 4) is 0 Å². The molecule has 0 bridgehead atoms. The van der Waals surface area contributed by atoms with Crippen molar-refractivity contribution in [1.82, 2.24) is 4.72 Å². The summed E-state index contributed by atoms with van der Waals surface area (Å²) >= 11 is 3.13. The average molecular weight is 365 g/mol. The molecular weight excluding hydrogens is 352 g/mol. The van der Waals surface area contributed by atoms with E-state index in [9.17, 15) is 19.1 Å². The number of nitro groups is 1. The molecule has 1 N–H and O–H groups in total. The van der Waals surface area contributed by atoms with Gasteiger partial charge >= 0.3 is 6.09 Å². The van der Waals surface area contributed by atoms with Crippen LogP contribution in [0.2, 0.25) is 0 Å². The van der Waals surface area contributed by atoms with Crippen LogP contribution < -0.4 is 4.72 Å². The number of nitrogens with one attached hydrogen (secondary N) is 1. The van der Waals surface area contributed by atoms with Gasteiger partial charge in [-0.2, -0.15) is 0 Å². The van der Waals surface area contributed by atoms with Gasteiger partial charge in [-0.25, -0.2) is 13.7 Å². The Morgan fingerprint density at radius 2 is 2.25 bits per heavy atom. The standard InChI is InChI=1S/C11H13BrN2O5S/c1-3-19-11(15)13-20(18,4-2)10-6-5-8(14(16)17)7-9(10)12/h4-7H,3H2,1-2H3,(H,13,15,18). The van der Waals surface area contributed by atoms with Gasteiger partial charge in [-0.1, -0.05) is 0 Å². The van der Waals surface area contributed by atoms with Crippen molar-refractivity contribution in [2.45, 2.75) is 18.7 Å². The van der Waals surface area contributed by atoms with Gasteiger partial charge in [0.25, 0.3) is 5.69 Å². The first-order chi connectivity index (χ1) is 9.34. The molecule has 0 aliphatic carbocycles. The summed E-state index contributed by atoms with van der Waals surface area (Å²) in [7, 11) is -3.02. The van der Waals surface area contributed by atoms with Crippen LogP contribution >= 0.6 is 15.9 Å². The lowest BCUT2D eigenvalue weighted by Gasteiger charge is -2.14. The van der Waals surface area contributed by atoms with Gasteiger partial charge < -0.3 is 4.74 Å². The second-order valence-corrected chi connectivity index (χ2v) is 6.70. The number of hydrogen-bond donors (Lipinski definition) is 1. The lowest BCUT2D eigenvalue weighted by atomic mass is 10.3. The third kappa shape index (κ3) is 3.70. The maximum atomic E-state index is 12.7. The molecule has 0 saturated carbocycles. The number of nitro benzene ring substituents is 1. The highest BCUT2D eigenvalue weighted by atomic mass is 79.9. The average Bonchev–Trinajstić information content (AvgIpc) is 2.38. The van der Waals surface area contributed by atoms with Crippen LogP contribution in [0, 0.1) is 10.1 Å². The predicted molar refractivity (Wildman–Crippen MR) is 79.1 cm³/mol. The van der Waals surface area contributed by atoms with Crippen LogP contribution in [0.3, 0.4) is 0 Å². The smallest absolute Gasteiger partial charge is 0.418 e. The SMILES string of the molecule is CC=S(=O)(NC(=O)OCC)c1ccc([N+](=O)[O-])cc1Br. The molecule has 0 aliphatic rings. The zero-order valence-corrected chi connectivity index (χ0v) is 13.2. The molecule has 0 saturated heterocycles. The Morgan fingerprint density at radius 1 is 1.60 bits per heavy atom. The third-order valence-corrected chi connectivity index (χ3v) is 5.36. The maximum absolute atomic E-state index is 12.7. The molecule has 1 atom stereocenters. The van der Waals surface area contributed by atoms with Crippen LogP contribution in [0.5, 0.6) is 0 Å². The number of ether oxygens (including phenoxy) is 1. The van der Waals surface area contributed by atoms with E-state index in [1.807, 2.05) is 0 Å². The summed E-state index contributed by atoms with van der Waals surface area (Å²) in [5.41, 5.74) is -0.144. The Labute approximate surface area is 124 Å². The summed E-state index contributed by atoms with van der Waals surface area (Å²) in [5.74, 6) is 0. The minimum Gasteiger partial charge on any atom is -0.449 e. The fourth-order valence-corrected chi connectivity index (χ4v) is 3.87. The van der Waals surface area contributed by atoms with E-state index in [0.717, 1.165) is 0 Å². The van der Waals surface area contributed by atoms with Crippen molar-refractivity contribution in [2.75, 3.05) is 6.61 Å². The molecule has 0 heterocycles. The van der Waals surface area contributed by atoms with Gasteiger partial charge in [0, 0.05) is 16.6 Å². The van der Waals surface area contributed by atoms with Gasteiger partial charge in [0.15, 0.2) is 0 Å². The van der Waals surface area contributed by atoms with Crippen molar-refractivity contribution in [3.05, 3.63) is 32.8 Å². The van der Waals surface area contributed by atoms with E-state index in [0.29, 0.717) is 0 Å². The fourth-order valence-electron chi connectivity index (χ4n) is 1.37. The molecule has 0 aliphatic heterocycles. The van der Waals surface area contributed by atoms with Crippen LogP contribution in [0.1, 0.15) is 13.8 Å². The third-order valence-electron chi connectivity index (χ3n) is 2.30. The molecule has 110 valence electrons. The molecule has 1 rings (SSSR count). The van der Waals surface area contributed by atoms with Crippen LogP contribution in [0.15, 0.2) is 27.6 Å². The number of benzene rings is 1. The molecule has 0 fully saturated rings. The van der Waals surface area contributed by atoms with E-state index in [1.165, 1.54) is 30.5 Å². The van der Waals surface area contributed by atoms with Crippen molar-refractivity contribution >= 4 is 42.8 Å². The molecule has 1 aromatic carbocycles. The first kappa shape index (κ1) is 16.4. The summed E-state index contributed by atoms with van der Waals surface area (Å²) in [6.45, 7) is 3.29. The van der Waals surface area contributed by atoms with Crippen LogP contribution in [-0.2, 0) is 14.4 Å². The van der Waals surface area contributed by atoms with E-state index in [4.69, 9.17) is 0 Å². The number of carbonyl (C=O) groups is 1. The Bertz CT molecular complexity index is 652. The quantitative estimate of drug-likeness (QED) is 0.502. The van der Waals surface area contributed by atoms with Gasteiger partial charge in [-0.15, -0.1) is 0 Å². The molecular formula is C11H13BrN2O5S. The first-order valence-electron chi connectivity index (χ1n) is 5.56. The molecule has 9 heteroatoms. The summed E-state index contributed by atoms with van der Waals surface area (Å²) < 4.78 is 19.9. The number of hydrogen-bond acceptors (Lipinski definition) is 5. The Kier molecular flexibility index (Phi) is 5.52. The van der Waals surface area contributed by atoms with E-state index < -0.39 is 20.7 Å². The monoisotopic (exact) mass is 364 g/mol. The minimum absolute atomic E-state index is 0.144. The van der Waals surface area contributed by atoms with E-state index in [1.54, 1.807) is 6.92 Å². The Morgan fingerprint density at radius 3 is 2.70 bits per heavy atom. The van der Waals surface area contributed by atoms with Crippen molar-refractivity contribution in [3.63, 3.8) is 0 Å². The summed E-state index contributed by atoms with van der Waals surface area (Å²) in [4.78, 5) is 21.8. The number of rotatable bonds is 4. The molecule has 7 nitrogen and oxygen atoms in total. The summed E-state index contributed by atoms with van der Waals surface area (Å²) in [6, 6.07) is 3.78. The summed E-state index contributed by atoms with van der Waals surface area (Å²) in [6.07, 6.45) is -0.819. The first-order valence-corrected chi connectivity index (χ1v) is 7.97. The highest BCUT2D eigenvalue weighted by Crippen LogP contribution is 2.26. The highest BCUT2D eigenvalue weighted by molar-refractivity contribution is 9.10. The highest BCUT2D eigenvalue weighted by Gasteiger charge is 2.19. The molecule has 1 unspecified atom stereocenters. The molecule has 1 amide bonds. The number of amides is 1. The Hall–Kier alpha value is -1.61. The molecule has 20 heavy (non-hydrogen) atoms. The van der Waals surface area contributed by atoms with Crippen LogP contribution in [-0.4, -0.2) is 27.2 Å². The number of carbonyl (C=O) groups excluding carboxylic acids is 1. The molecule has 1 aromatic rings. The molecule has 0 spiro atoms. The van der Waals surface area contributed by atoms with Crippen LogP contribution in [0.25, 0.3) is 0 Å². The van der Waals surface area contributed by atoms with Crippen LogP contribution in [0.4, 0.5) is 10.5 Å². The lowest BCUT2D eigenvalue weighted by Crippen LogP contribution is -2.32. The van der Waals surface area contributed by atoms with Crippen molar-refractivity contribution in [2.24, 2.45) is 0 Å². The number of halogens is 1. The zero-order valence-electron chi connectivity index (χ0n) is 10.8. The Balaban J connectivity index is 3.23. The number of non-ortho nitro benzene ring substituents is 1. The second-order valence-electron chi connectivity index (χ2n) is 3.53. The van der Waals surface area contributed by atoms with E-state index in [-0.39, 0.29) is 21.7 Å². The minimum atomic E-state index is -3.02. The topological polar surface area (TPSA) is 98.5 Å². The largest absolute Gasteiger partial charge is 0.449 e.